The number of anilines is 1. The van der Waals surface area contributed by atoms with Gasteiger partial charge in [0, 0.05) is 15.8 Å². The molecule has 1 N–H and O–H groups in total. The minimum Gasteiger partial charge on any atom is -0.297 e. The molecule has 0 fully saturated rings. The van der Waals surface area contributed by atoms with Crippen LogP contribution >= 0.6 is 22.7 Å². The summed E-state index contributed by atoms with van der Waals surface area (Å²) in [6, 6.07) is 6.79. The molecule has 0 aliphatic heterocycles. The number of benzene rings is 1. The first-order valence-electron chi connectivity index (χ1n) is 8.46. The fourth-order valence-electron chi connectivity index (χ4n) is 3.05. The highest BCUT2D eigenvalue weighted by molar-refractivity contribution is 7.15. The number of thiophene rings is 1. The van der Waals surface area contributed by atoms with E-state index in [0.29, 0.717) is 21.3 Å². The molecule has 0 atom stereocenters. The Kier molecular flexibility index (Phi) is 4.77. The van der Waals surface area contributed by atoms with E-state index < -0.39 is 11.7 Å². The fraction of sp³-hybridized carbons (Fsp3) is 0.263. The van der Waals surface area contributed by atoms with Gasteiger partial charge < -0.3 is 0 Å². The topological polar surface area (TPSA) is 42.0 Å². The summed E-state index contributed by atoms with van der Waals surface area (Å²) < 4.78 is 38.0. The molecule has 27 heavy (non-hydrogen) atoms. The quantitative estimate of drug-likeness (QED) is 0.576. The summed E-state index contributed by atoms with van der Waals surface area (Å²) >= 11 is 2.78. The van der Waals surface area contributed by atoms with E-state index in [1.165, 1.54) is 45.2 Å². The summed E-state index contributed by atoms with van der Waals surface area (Å²) in [7, 11) is 0. The van der Waals surface area contributed by atoms with Gasteiger partial charge in [-0.3, -0.25) is 10.1 Å². The van der Waals surface area contributed by atoms with E-state index in [0.717, 1.165) is 37.8 Å². The fourth-order valence-corrected chi connectivity index (χ4v) is 4.92. The molecule has 8 heteroatoms. The van der Waals surface area contributed by atoms with Crippen molar-refractivity contribution >= 4 is 33.7 Å². The third kappa shape index (κ3) is 3.91. The second-order valence-corrected chi connectivity index (χ2v) is 8.33. The predicted octanol–water partition coefficient (Wildman–Crippen LogP) is 6.02. The number of rotatable bonds is 3. The Hall–Kier alpha value is -2.19. The molecule has 0 saturated heterocycles. The maximum absolute atomic E-state index is 12.7. The molecule has 3 aromatic rings. The molecule has 0 bridgehead atoms. The lowest BCUT2D eigenvalue weighted by atomic mass is 9.99. The number of alkyl halides is 3. The van der Waals surface area contributed by atoms with Gasteiger partial charge in [0.1, 0.15) is 0 Å². The second kappa shape index (κ2) is 7.09. The Morgan fingerprint density at radius 1 is 1.11 bits per heavy atom. The number of nitrogens with one attached hydrogen (secondary N) is 1. The number of nitrogens with zero attached hydrogens (tertiary/aromatic N) is 1. The molecule has 0 radical (unpaired) electrons. The highest BCUT2D eigenvalue weighted by Crippen LogP contribution is 2.33. The first-order chi connectivity index (χ1) is 12.9. The maximum Gasteiger partial charge on any atom is 0.416 e. The summed E-state index contributed by atoms with van der Waals surface area (Å²) in [5.74, 6) is -0.192. The Morgan fingerprint density at radius 2 is 1.85 bits per heavy atom. The van der Waals surface area contributed by atoms with Crippen molar-refractivity contribution in [1.29, 1.82) is 0 Å². The van der Waals surface area contributed by atoms with Crippen LogP contribution in [0.3, 0.4) is 0 Å². The van der Waals surface area contributed by atoms with Gasteiger partial charge in [-0.2, -0.15) is 13.2 Å². The molecule has 3 nitrogen and oxygen atoms in total. The average Bonchev–Trinajstić information content (AvgIpc) is 3.28. The van der Waals surface area contributed by atoms with Gasteiger partial charge in [-0.05, 0) is 49.4 Å². The summed E-state index contributed by atoms with van der Waals surface area (Å²) in [5.41, 5.74) is 1.68. The van der Waals surface area contributed by atoms with Crippen LogP contribution in [-0.4, -0.2) is 10.9 Å². The first kappa shape index (κ1) is 18.2. The van der Waals surface area contributed by atoms with E-state index in [9.17, 15) is 18.0 Å². The van der Waals surface area contributed by atoms with Crippen LogP contribution in [0.4, 0.5) is 18.3 Å². The summed E-state index contributed by atoms with van der Waals surface area (Å²) in [6.45, 7) is 0. The first-order valence-corrected chi connectivity index (χ1v) is 10.2. The van der Waals surface area contributed by atoms with E-state index in [2.05, 4.69) is 10.3 Å². The van der Waals surface area contributed by atoms with Crippen LogP contribution in [0.5, 0.6) is 0 Å². The molecule has 1 amide bonds. The van der Waals surface area contributed by atoms with Crippen LogP contribution in [0.1, 0.15) is 38.5 Å². The predicted molar refractivity (Wildman–Crippen MR) is 101 cm³/mol. The van der Waals surface area contributed by atoms with Crippen LogP contribution in [0.25, 0.3) is 11.3 Å². The zero-order chi connectivity index (χ0) is 19.0. The minimum atomic E-state index is -4.36. The van der Waals surface area contributed by atoms with Crippen molar-refractivity contribution in [2.75, 3.05) is 5.32 Å². The van der Waals surface area contributed by atoms with Crippen LogP contribution in [0.2, 0.25) is 0 Å². The Morgan fingerprint density at radius 3 is 2.56 bits per heavy atom. The summed E-state index contributed by atoms with van der Waals surface area (Å²) in [6.07, 6.45) is 0.0158. The van der Waals surface area contributed by atoms with E-state index in [1.807, 2.05) is 6.07 Å². The highest BCUT2D eigenvalue weighted by atomic mass is 32.1. The van der Waals surface area contributed by atoms with Gasteiger partial charge in [0.25, 0.3) is 5.91 Å². The second-order valence-electron chi connectivity index (χ2n) is 6.33. The van der Waals surface area contributed by atoms with Crippen molar-refractivity contribution in [2.45, 2.75) is 31.9 Å². The van der Waals surface area contributed by atoms with Crippen molar-refractivity contribution in [2.24, 2.45) is 0 Å². The molecular formula is C19H15F3N2OS2. The normalized spacial score (nSPS) is 14.0. The average molecular weight is 408 g/mol. The van der Waals surface area contributed by atoms with Gasteiger partial charge >= 0.3 is 6.18 Å². The Balaban J connectivity index is 1.48. The molecule has 2 heterocycles. The standard InChI is InChI=1S/C19H15F3N2OS2/c20-19(21,22)13-7-5-11(6-8-13)14-10-26-18(23-14)24-17(25)16-9-12-3-1-2-4-15(12)27-16/h5-10H,1-4H2,(H,23,24,25). The number of carbonyl (C=O) groups excluding carboxylic acids is 1. The van der Waals surface area contributed by atoms with Crippen molar-refractivity contribution < 1.29 is 18.0 Å². The lowest BCUT2D eigenvalue weighted by Crippen LogP contribution is -2.09. The maximum atomic E-state index is 12.7. The number of hydrogen-bond acceptors (Lipinski definition) is 4. The number of fused-ring (bicyclic) bond motifs is 1. The van der Waals surface area contributed by atoms with Gasteiger partial charge in [-0.15, -0.1) is 22.7 Å². The van der Waals surface area contributed by atoms with Gasteiger partial charge in [-0.25, -0.2) is 4.98 Å². The van der Waals surface area contributed by atoms with Gasteiger partial charge in [0.05, 0.1) is 16.1 Å². The van der Waals surface area contributed by atoms with Crippen LogP contribution < -0.4 is 5.32 Å². The van der Waals surface area contributed by atoms with E-state index in [1.54, 1.807) is 5.38 Å². The number of halogens is 3. The monoisotopic (exact) mass is 408 g/mol. The van der Waals surface area contributed by atoms with Crippen LogP contribution in [-0.2, 0) is 19.0 Å². The lowest BCUT2D eigenvalue weighted by molar-refractivity contribution is -0.137. The van der Waals surface area contributed by atoms with E-state index in [-0.39, 0.29) is 5.91 Å². The minimum absolute atomic E-state index is 0.192. The molecule has 2 aromatic heterocycles. The molecule has 1 aromatic carbocycles. The van der Waals surface area contributed by atoms with E-state index >= 15 is 0 Å². The molecule has 0 spiro atoms. The number of thiazole rings is 1. The Labute approximate surface area is 161 Å². The number of hydrogen-bond donors (Lipinski definition) is 1. The summed E-state index contributed by atoms with van der Waals surface area (Å²) in [5, 5.41) is 4.94. The van der Waals surface area contributed by atoms with Gasteiger partial charge in [0.2, 0.25) is 0 Å². The molecular weight excluding hydrogens is 393 g/mol. The molecule has 0 saturated carbocycles. The summed E-state index contributed by atoms with van der Waals surface area (Å²) in [4.78, 5) is 18.8. The van der Waals surface area contributed by atoms with Crippen molar-refractivity contribution in [3.63, 3.8) is 0 Å². The third-order valence-electron chi connectivity index (χ3n) is 4.45. The smallest absolute Gasteiger partial charge is 0.297 e. The SMILES string of the molecule is O=C(Nc1nc(-c2ccc(C(F)(F)F)cc2)cs1)c1cc2c(s1)CCCC2. The molecule has 4 rings (SSSR count). The number of aromatic nitrogens is 1. The third-order valence-corrected chi connectivity index (χ3v) is 6.45. The number of amides is 1. The van der Waals surface area contributed by atoms with Crippen LogP contribution in [0.15, 0.2) is 35.7 Å². The van der Waals surface area contributed by atoms with E-state index in [4.69, 9.17) is 0 Å². The highest BCUT2D eigenvalue weighted by Gasteiger charge is 2.30. The lowest BCUT2D eigenvalue weighted by Gasteiger charge is -2.08. The zero-order valence-electron chi connectivity index (χ0n) is 14.1. The van der Waals surface area contributed by atoms with Crippen molar-refractivity contribution in [1.82, 2.24) is 4.98 Å². The van der Waals surface area contributed by atoms with Gasteiger partial charge in [0.15, 0.2) is 5.13 Å². The molecule has 1 aliphatic rings. The zero-order valence-corrected chi connectivity index (χ0v) is 15.7. The molecule has 140 valence electrons. The van der Waals surface area contributed by atoms with Gasteiger partial charge in [-0.1, -0.05) is 12.1 Å². The number of aryl methyl sites for hydroxylation is 2. The molecule has 0 unspecified atom stereocenters. The number of carbonyl (C=O) groups is 1. The van der Waals surface area contributed by atoms with Crippen molar-refractivity contribution in [3.05, 3.63) is 56.6 Å². The Bertz CT molecular complexity index is 950. The largest absolute Gasteiger partial charge is 0.416 e. The van der Waals surface area contributed by atoms with Crippen LogP contribution in [0, 0.1) is 0 Å². The van der Waals surface area contributed by atoms with Crippen molar-refractivity contribution in [3.8, 4) is 11.3 Å². The molecule has 1 aliphatic carbocycles.